The number of hydrogen-bond donors (Lipinski definition) is 2. The lowest BCUT2D eigenvalue weighted by molar-refractivity contribution is 1.13. The van der Waals surface area contributed by atoms with E-state index in [0.29, 0.717) is 6.04 Å². The lowest BCUT2D eigenvalue weighted by atomic mass is 10.2. The summed E-state index contributed by atoms with van der Waals surface area (Å²) in [6, 6.07) is 10.7. The maximum absolute atomic E-state index is 9.13. The second-order valence-electron chi connectivity index (χ2n) is 3.95. The molecule has 0 aliphatic heterocycles. The highest BCUT2D eigenvalue weighted by Gasteiger charge is 2.23. The maximum Gasteiger partial charge on any atom is 0.122 e. The van der Waals surface area contributed by atoms with Crippen molar-refractivity contribution < 1.29 is 0 Å². The van der Waals surface area contributed by atoms with E-state index in [0.717, 1.165) is 22.3 Å². The molecule has 1 aromatic heterocycles. The van der Waals surface area contributed by atoms with E-state index < -0.39 is 0 Å². The number of nitriles is 1. The molecule has 0 atom stereocenters. The van der Waals surface area contributed by atoms with Gasteiger partial charge in [-0.15, -0.1) is 0 Å². The number of rotatable bonds is 2. The lowest BCUT2D eigenvalue weighted by Crippen LogP contribution is -2.02. The molecule has 0 unspecified atom stereocenters. The molecule has 1 aromatic carbocycles. The minimum atomic E-state index is 0.560. The first kappa shape index (κ1) is 8.37. The number of para-hydroxylation sites is 1. The summed E-state index contributed by atoms with van der Waals surface area (Å²) in [4.78, 5) is 3.25. The molecule has 3 nitrogen and oxygen atoms in total. The summed E-state index contributed by atoms with van der Waals surface area (Å²) in [5, 5.41) is 13.5. The van der Waals surface area contributed by atoms with Gasteiger partial charge in [0, 0.05) is 16.9 Å². The number of H-pyrrole nitrogens is 1. The van der Waals surface area contributed by atoms with Gasteiger partial charge in [-0.2, -0.15) is 5.26 Å². The van der Waals surface area contributed by atoms with Crippen molar-refractivity contribution in [1.82, 2.24) is 4.98 Å². The van der Waals surface area contributed by atoms with E-state index in [-0.39, 0.29) is 0 Å². The van der Waals surface area contributed by atoms with Crippen molar-refractivity contribution in [2.24, 2.45) is 0 Å². The highest BCUT2D eigenvalue weighted by atomic mass is 15.0. The van der Waals surface area contributed by atoms with Gasteiger partial charge in [-0.05, 0) is 18.9 Å². The molecule has 1 saturated carbocycles. The van der Waals surface area contributed by atoms with Crippen molar-refractivity contribution in [3.63, 3.8) is 0 Å². The highest BCUT2D eigenvalue weighted by molar-refractivity contribution is 5.91. The third kappa shape index (κ3) is 1.35. The summed E-state index contributed by atoms with van der Waals surface area (Å²) < 4.78 is 0. The Morgan fingerprint density at radius 2 is 2.13 bits per heavy atom. The fraction of sp³-hybridized carbons (Fsp3) is 0.250. The molecule has 2 N–H and O–H groups in total. The van der Waals surface area contributed by atoms with E-state index in [1.807, 2.05) is 24.3 Å². The van der Waals surface area contributed by atoms with Gasteiger partial charge in [0.1, 0.15) is 17.5 Å². The van der Waals surface area contributed by atoms with Crippen LogP contribution in [0.15, 0.2) is 24.3 Å². The second-order valence-corrected chi connectivity index (χ2v) is 3.95. The molecule has 1 aliphatic carbocycles. The molecule has 3 rings (SSSR count). The van der Waals surface area contributed by atoms with Gasteiger partial charge in [0.15, 0.2) is 0 Å². The molecule has 0 spiro atoms. The number of hydrogen-bond acceptors (Lipinski definition) is 2. The molecule has 74 valence electrons. The molecule has 0 radical (unpaired) electrons. The quantitative estimate of drug-likeness (QED) is 0.777. The van der Waals surface area contributed by atoms with Crippen LogP contribution in [-0.4, -0.2) is 11.0 Å². The molecular formula is C12H11N3. The molecule has 0 amide bonds. The van der Waals surface area contributed by atoms with Crippen molar-refractivity contribution in [3.8, 4) is 6.07 Å². The zero-order valence-electron chi connectivity index (χ0n) is 8.25. The smallest absolute Gasteiger partial charge is 0.122 e. The summed E-state index contributed by atoms with van der Waals surface area (Å²) in [6.07, 6.45) is 2.42. The summed E-state index contributed by atoms with van der Waals surface area (Å²) in [6.45, 7) is 0. The van der Waals surface area contributed by atoms with Gasteiger partial charge in [-0.3, -0.25) is 0 Å². The molecule has 1 aliphatic rings. The molecule has 1 fully saturated rings. The zero-order valence-corrected chi connectivity index (χ0v) is 8.25. The van der Waals surface area contributed by atoms with Crippen LogP contribution in [-0.2, 0) is 0 Å². The van der Waals surface area contributed by atoms with Gasteiger partial charge >= 0.3 is 0 Å². The Balaban J connectivity index is 2.15. The largest absolute Gasteiger partial charge is 0.368 e. The van der Waals surface area contributed by atoms with Crippen LogP contribution in [0.5, 0.6) is 0 Å². The van der Waals surface area contributed by atoms with Crippen molar-refractivity contribution in [2.45, 2.75) is 18.9 Å². The fourth-order valence-corrected chi connectivity index (χ4v) is 1.80. The molecule has 2 aromatic rings. The van der Waals surface area contributed by atoms with Crippen LogP contribution < -0.4 is 5.32 Å². The lowest BCUT2D eigenvalue weighted by Gasteiger charge is -2.00. The van der Waals surface area contributed by atoms with E-state index in [4.69, 9.17) is 5.26 Å². The normalized spacial score (nSPS) is 15.1. The number of nitrogens with zero attached hydrogens (tertiary/aromatic N) is 1. The first-order valence-electron chi connectivity index (χ1n) is 5.16. The molecule has 0 bridgehead atoms. The summed E-state index contributed by atoms with van der Waals surface area (Å²) in [5.74, 6) is 0.876. The Bertz CT molecular complexity index is 543. The Morgan fingerprint density at radius 1 is 1.33 bits per heavy atom. The zero-order chi connectivity index (χ0) is 10.3. The SMILES string of the molecule is N#Cc1c(NC2CC2)[nH]c2ccccc12. The first-order valence-corrected chi connectivity index (χ1v) is 5.16. The van der Waals surface area contributed by atoms with E-state index >= 15 is 0 Å². The topological polar surface area (TPSA) is 51.6 Å². The van der Waals surface area contributed by atoms with Crippen LogP contribution in [0.1, 0.15) is 18.4 Å². The number of fused-ring (bicyclic) bond motifs is 1. The van der Waals surface area contributed by atoms with Crippen molar-refractivity contribution in [1.29, 1.82) is 5.26 Å². The van der Waals surface area contributed by atoms with Crippen LogP contribution in [0, 0.1) is 11.3 Å². The van der Waals surface area contributed by atoms with Crippen LogP contribution in [0.4, 0.5) is 5.82 Å². The predicted molar refractivity (Wildman–Crippen MR) is 59.7 cm³/mol. The van der Waals surface area contributed by atoms with Gasteiger partial charge in [-0.1, -0.05) is 18.2 Å². The summed E-state index contributed by atoms with van der Waals surface area (Å²) >= 11 is 0. The first-order chi connectivity index (χ1) is 7.38. The summed E-state index contributed by atoms with van der Waals surface area (Å²) in [5.41, 5.74) is 1.76. The van der Waals surface area contributed by atoms with Crippen molar-refractivity contribution in [2.75, 3.05) is 5.32 Å². The van der Waals surface area contributed by atoms with Crippen LogP contribution in [0.25, 0.3) is 10.9 Å². The third-order valence-corrected chi connectivity index (χ3v) is 2.74. The van der Waals surface area contributed by atoms with Crippen LogP contribution >= 0.6 is 0 Å². The number of anilines is 1. The van der Waals surface area contributed by atoms with Gasteiger partial charge in [0.25, 0.3) is 0 Å². The Morgan fingerprint density at radius 3 is 2.87 bits per heavy atom. The standard InChI is InChI=1S/C12H11N3/c13-7-10-9-3-1-2-4-11(9)15-12(10)14-8-5-6-8/h1-4,8,14-15H,5-6H2. The average Bonchev–Trinajstić information content (AvgIpc) is 2.99. The Hall–Kier alpha value is -1.95. The molecule has 1 heterocycles. The Kier molecular flexibility index (Phi) is 1.69. The van der Waals surface area contributed by atoms with Crippen molar-refractivity contribution >= 4 is 16.7 Å². The van der Waals surface area contributed by atoms with E-state index in [1.54, 1.807) is 0 Å². The van der Waals surface area contributed by atoms with Gasteiger partial charge in [0.05, 0.1) is 0 Å². The number of aromatic amines is 1. The highest BCUT2D eigenvalue weighted by Crippen LogP contribution is 2.30. The fourth-order valence-electron chi connectivity index (χ4n) is 1.80. The predicted octanol–water partition coefficient (Wildman–Crippen LogP) is 2.61. The van der Waals surface area contributed by atoms with E-state index in [9.17, 15) is 0 Å². The Labute approximate surface area is 87.7 Å². The minimum absolute atomic E-state index is 0.560. The molecule has 15 heavy (non-hydrogen) atoms. The van der Waals surface area contributed by atoms with E-state index in [1.165, 1.54) is 12.8 Å². The molecule has 0 saturated heterocycles. The number of aromatic nitrogens is 1. The van der Waals surface area contributed by atoms with Gasteiger partial charge in [0.2, 0.25) is 0 Å². The number of nitrogens with one attached hydrogen (secondary N) is 2. The average molecular weight is 197 g/mol. The second kappa shape index (κ2) is 3.03. The third-order valence-electron chi connectivity index (χ3n) is 2.74. The summed E-state index contributed by atoms with van der Waals surface area (Å²) in [7, 11) is 0. The van der Waals surface area contributed by atoms with Crippen molar-refractivity contribution in [3.05, 3.63) is 29.8 Å². The van der Waals surface area contributed by atoms with E-state index in [2.05, 4.69) is 16.4 Å². The molecular weight excluding hydrogens is 186 g/mol. The van der Waals surface area contributed by atoms with Crippen LogP contribution in [0.2, 0.25) is 0 Å². The number of benzene rings is 1. The maximum atomic E-state index is 9.13. The van der Waals surface area contributed by atoms with Crippen LogP contribution in [0.3, 0.4) is 0 Å². The van der Waals surface area contributed by atoms with Gasteiger partial charge in [-0.25, -0.2) is 0 Å². The minimum Gasteiger partial charge on any atom is -0.368 e. The monoisotopic (exact) mass is 197 g/mol. The van der Waals surface area contributed by atoms with Gasteiger partial charge < -0.3 is 10.3 Å². The molecule has 3 heteroatoms.